The Labute approximate surface area is 191 Å². The lowest BCUT2D eigenvalue weighted by atomic mass is 10.0. The average Bonchev–Trinajstić information content (AvgIpc) is 2.72. The lowest BCUT2D eigenvalue weighted by Crippen LogP contribution is -2.48. The second-order valence-electron chi connectivity index (χ2n) is 6.95. The Morgan fingerprint density at radius 2 is 2.13 bits per heavy atom. The molecule has 0 saturated carbocycles. The Kier molecular flexibility index (Phi) is 8.90. The molecule has 1 aliphatic heterocycles. The van der Waals surface area contributed by atoms with Gasteiger partial charge in [0, 0.05) is 32.5 Å². The van der Waals surface area contributed by atoms with Crippen LogP contribution in [0.5, 0.6) is 0 Å². The van der Waals surface area contributed by atoms with Crippen molar-refractivity contribution in [1.29, 1.82) is 0 Å². The van der Waals surface area contributed by atoms with Crippen LogP contribution in [0.4, 0.5) is 13.2 Å². The molecule has 2 heterocycles. The van der Waals surface area contributed by atoms with Crippen molar-refractivity contribution in [3.63, 3.8) is 0 Å². The Balaban J connectivity index is 0.00000320. The van der Waals surface area contributed by atoms with E-state index < -0.39 is 17.8 Å². The molecule has 3 rings (SSSR count). The van der Waals surface area contributed by atoms with Gasteiger partial charge in [-0.05, 0) is 48.2 Å². The number of nitrogens with one attached hydrogen (secondary N) is 1. The van der Waals surface area contributed by atoms with E-state index in [4.69, 9.17) is 4.74 Å². The highest BCUT2D eigenvalue weighted by Crippen LogP contribution is 2.32. The summed E-state index contributed by atoms with van der Waals surface area (Å²) in [6.45, 7) is 4.21. The molecular formula is C21H26F3IN4O. The molecule has 30 heavy (non-hydrogen) atoms. The number of hydrogen-bond donors (Lipinski definition) is 1. The van der Waals surface area contributed by atoms with Gasteiger partial charge in [-0.15, -0.1) is 24.0 Å². The predicted molar refractivity (Wildman–Crippen MR) is 121 cm³/mol. The van der Waals surface area contributed by atoms with E-state index in [0.717, 1.165) is 30.1 Å². The number of aromatic nitrogens is 1. The van der Waals surface area contributed by atoms with E-state index in [1.54, 1.807) is 19.3 Å². The van der Waals surface area contributed by atoms with Crippen LogP contribution in [0, 0.1) is 6.92 Å². The maximum atomic E-state index is 13.0. The topological polar surface area (TPSA) is 49.8 Å². The first kappa shape index (κ1) is 24.4. The molecule has 1 unspecified atom stereocenters. The summed E-state index contributed by atoms with van der Waals surface area (Å²) in [6.07, 6.45) is -0.362. The monoisotopic (exact) mass is 534 g/mol. The highest BCUT2D eigenvalue weighted by atomic mass is 127. The zero-order chi connectivity index (χ0) is 20.9. The van der Waals surface area contributed by atoms with E-state index >= 15 is 0 Å². The molecule has 0 aliphatic carbocycles. The molecular weight excluding hydrogens is 508 g/mol. The normalized spacial score (nSPS) is 17.4. The summed E-state index contributed by atoms with van der Waals surface area (Å²) in [7, 11) is 1.70. The minimum absolute atomic E-state index is 0. The average molecular weight is 534 g/mol. The number of halogens is 4. The number of rotatable bonds is 4. The molecule has 1 fully saturated rings. The molecule has 0 bridgehead atoms. The lowest BCUT2D eigenvalue weighted by molar-refractivity contribution is -0.137. The summed E-state index contributed by atoms with van der Waals surface area (Å²) in [5.41, 5.74) is 2.21. The number of hydrogen-bond acceptors (Lipinski definition) is 3. The highest BCUT2D eigenvalue weighted by Gasteiger charge is 2.32. The maximum absolute atomic E-state index is 13.0. The van der Waals surface area contributed by atoms with Crippen molar-refractivity contribution in [3.05, 3.63) is 65.0 Å². The van der Waals surface area contributed by atoms with Crippen molar-refractivity contribution in [2.75, 3.05) is 33.3 Å². The van der Waals surface area contributed by atoms with Crippen LogP contribution < -0.4 is 5.32 Å². The van der Waals surface area contributed by atoms with Gasteiger partial charge >= 0.3 is 6.18 Å². The fourth-order valence-corrected chi connectivity index (χ4v) is 3.38. The number of nitrogens with zero attached hydrogens (tertiary/aromatic N) is 3. The summed E-state index contributed by atoms with van der Waals surface area (Å²) in [5.74, 6) is 0.719. The number of pyridine rings is 1. The Hall–Kier alpha value is -1.88. The van der Waals surface area contributed by atoms with Crippen molar-refractivity contribution in [2.24, 2.45) is 4.99 Å². The van der Waals surface area contributed by atoms with Gasteiger partial charge in [0.25, 0.3) is 0 Å². The number of guanidine groups is 1. The fraction of sp³-hybridized carbons (Fsp3) is 0.429. The molecule has 1 aromatic carbocycles. The van der Waals surface area contributed by atoms with Crippen LogP contribution in [0.15, 0.2) is 47.7 Å². The number of aliphatic imine (C=N–C) groups is 1. The summed E-state index contributed by atoms with van der Waals surface area (Å²) < 4.78 is 44.8. The molecule has 1 saturated heterocycles. The minimum Gasteiger partial charge on any atom is -0.370 e. The summed E-state index contributed by atoms with van der Waals surface area (Å²) >= 11 is 0. The molecule has 0 amide bonds. The summed E-state index contributed by atoms with van der Waals surface area (Å²) in [4.78, 5) is 10.5. The van der Waals surface area contributed by atoms with Crippen LogP contribution in [0.1, 0.15) is 28.4 Å². The smallest absolute Gasteiger partial charge is 0.370 e. The summed E-state index contributed by atoms with van der Waals surface area (Å²) in [6, 6.07) is 7.33. The first-order chi connectivity index (χ1) is 13.9. The van der Waals surface area contributed by atoms with Gasteiger partial charge in [0.05, 0.1) is 18.7 Å². The second kappa shape index (κ2) is 10.9. The molecule has 0 radical (unpaired) electrons. The maximum Gasteiger partial charge on any atom is 0.416 e. The number of alkyl halides is 3. The molecule has 1 aromatic heterocycles. The molecule has 2 aromatic rings. The van der Waals surface area contributed by atoms with Gasteiger partial charge < -0.3 is 15.0 Å². The van der Waals surface area contributed by atoms with Gasteiger partial charge in [-0.25, -0.2) is 0 Å². The van der Waals surface area contributed by atoms with E-state index in [0.29, 0.717) is 31.8 Å². The van der Waals surface area contributed by atoms with E-state index in [1.807, 2.05) is 24.1 Å². The predicted octanol–water partition coefficient (Wildman–Crippen LogP) is 4.22. The van der Waals surface area contributed by atoms with Crippen LogP contribution in [-0.4, -0.2) is 49.1 Å². The van der Waals surface area contributed by atoms with Gasteiger partial charge in [-0.3, -0.25) is 9.98 Å². The van der Waals surface area contributed by atoms with Crippen molar-refractivity contribution < 1.29 is 17.9 Å². The van der Waals surface area contributed by atoms with Crippen LogP contribution in [0.2, 0.25) is 0 Å². The van der Waals surface area contributed by atoms with E-state index in [1.165, 1.54) is 11.6 Å². The molecule has 9 heteroatoms. The number of benzene rings is 1. The zero-order valence-corrected chi connectivity index (χ0v) is 19.3. The first-order valence-corrected chi connectivity index (χ1v) is 9.52. The fourth-order valence-electron chi connectivity index (χ4n) is 3.38. The van der Waals surface area contributed by atoms with Gasteiger partial charge in [-0.1, -0.05) is 12.1 Å². The highest BCUT2D eigenvalue weighted by molar-refractivity contribution is 14.0. The number of ether oxygens (including phenoxy) is 1. The van der Waals surface area contributed by atoms with Crippen LogP contribution in [0.25, 0.3) is 0 Å². The number of morpholine rings is 1. The van der Waals surface area contributed by atoms with Crippen molar-refractivity contribution in [3.8, 4) is 0 Å². The molecule has 0 spiro atoms. The Morgan fingerprint density at radius 3 is 2.83 bits per heavy atom. The SMILES string of the molecule is CN=C(NCCc1ccncc1C)N1CCOC(c2cccc(C(F)(F)F)c2)C1.I. The summed E-state index contributed by atoms with van der Waals surface area (Å²) in [5, 5.41) is 3.34. The first-order valence-electron chi connectivity index (χ1n) is 9.52. The molecule has 1 aliphatic rings. The van der Waals surface area contributed by atoms with Crippen LogP contribution in [0.3, 0.4) is 0 Å². The van der Waals surface area contributed by atoms with Gasteiger partial charge in [0.1, 0.15) is 6.10 Å². The van der Waals surface area contributed by atoms with E-state index in [-0.39, 0.29) is 24.0 Å². The van der Waals surface area contributed by atoms with Gasteiger partial charge in [0.15, 0.2) is 5.96 Å². The minimum atomic E-state index is -4.37. The van der Waals surface area contributed by atoms with Gasteiger partial charge in [0.2, 0.25) is 0 Å². The van der Waals surface area contributed by atoms with Crippen LogP contribution in [-0.2, 0) is 17.3 Å². The largest absolute Gasteiger partial charge is 0.416 e. The third-order valence-corrected chi connectivity index (χ3v) is 4.98. The van der Waals surface area contributed by atoms with Crippen LogP contribution >= 0.6 is 24.0 Å². The third kappa shape index (κ3) is 6.31. The van der Waals surface area contributed by atoms with E-state index in [2.05, 4.69) is 15.3 Å². The third-order valence-electron chi connectivity index (χ3n) is 4.98. The molecule has 164 valence electrons. The lowest BCUT2D eigenvalue weighted by Gasteiger charge is -2.35. The molecule has 1 atom stereocenters. The molecule has 5 nitrogen and oxygen atoms in total. The Bertz CT molecular complexity index is 860. The zero-order valence-electron chi connectivity index (χ0n) is 16.9. The Morgan fingerprint density at radius 1 is 1.33 bits per heavy atom. The van der Waals surface area contributed by atoms with E-state index in [9.17, 15) is 13.2 Å². The quantitative estimate of drug-likeness (QED) is 0.363. The standard InChI is InChI=1S/C21H25F3N4O.HI/c1-15-13-26-8-6-16(15)7-9-27-20(25-2)28-10-11-29-19(14-28)17-4-3-5-18(12-17)21(22,23)24;/h3-6,8,12-13,19H,7,9-11,14H2,1-2H3,(H,25,27);1H. The van der Waals surface area contributed by atoms with Crippen molar-refractivity contribution in [1.82, 2.24) is 15.2 Å². The van der Waals surface area contributed by atoms with Crippen molar-refractivity contribution in [2.45, 2.75) is 25.6 Å². The molecule has 1 N–H and O–H groups in total. The van der Waals surface area contributed by atoms with Crippen molar-refractivity contribution >= 4 is 29.9 Å². The second-order valence-corrected chi connectivity index (χ2v) is 6.95. The van der Waals surface area contributed by atoms with Gasteiger partial charge in [-0.2, -0.15) is 13.2 Å². The number of aryl methyl sites for hydroxylation is 1.